The Hall–Kier alpha value is -0.580. The predicted octanol–water partition coefficient (Wildman–Crippen LogP) is 0.786. The second-order valence-electron chi connectivity index (χ2n) is 3.51. The number of halogens is 1. The van der Waals surface area contributed by atoms with Gasteiger partial charge in [0.05, 0.1) is 16.7 Å². The van der Waals surface area contributed by atoms with E-state index in [-0.39, 0.29) is 16.9 Å². The molecule has 1 saturated heterocycles. The van der Waals surface area contributed by atoms with Crippen LogP contribution in [0.1, 0.15) is 12.8 Å². The van der Waals surface area contributed by atoms with Gasteiger partial charge in [0.1, 0.15) is 6.10 Å². The van der Waals surface area contributed by atoms with Crippen LogP contribution in [0.25, 0.3) is 0 Å². The average Bonchev–Trinajstić information content (AvgIpc) is 2.37. The van der Waals surface area contributed by atoms with Crippen LogP contribution >= 0.6 is 15.9 Å². The van der Waals surface area contributed by atoms with Crippen molar-refractivity contribution in [3.8, 4) is 0 Å². The number of carbonyl (C=O) groups is 2. The van der Waals surface area contributed by atoms with Gasteiger partial charge in [-0.3, -0.25) is 9.59 Å². The highest BCUT2D eigenvalue weighted by atomic mass is 79.9. The molecule has 2 bridgehead atoms. The van der Waals surface area contributed by atoms with Crippen LogP contribution in [-0.4, -0.2) is 28.0 Å². The third-order valence-electron chi connectivity index (χ3n) is 2.74. The Morgan fingerprint density at radius 1 is 1.54 bits per heavy atom. The molecule has 2 fully saturated rings. The number of rotatable bonds is 1. The molecule has 1 saturated carbocycles. The van der Waals surface area contributed by atoms with E-state index in [2.05, 4.69) is 15.9 Å². The summed E-state index contributed by atoms with van der Waals surface area (Å²) in [6, 6.07) is 0. The van der Waals surface area contributed by atoms with Gasteiger partial charge in [0.15, 0.2) is 0 Å². The summed E-state index contributed by atoms with van der Waals surface area (Å²) in [5, 5.41) is 8.87. The zero-order valence-corrected chi connectivity index (χ0v) is 8.36. The second kappa shape index (κ2) is 2.97. The maximum absolute atomic E-state index is 11.2. The number of carbonyl (C=O) groups excluding carboxylic acids is 1. The lowest BCUT2D eigenvalue weighted by atomic mass is 9.80. The Bertz CT molecular complexity index is 265. The number of ether oxygens (including phenoxy) is 1. The summed E-state index contributed by atoms with van der Waals surface area (Å²) in [5.74, 6) is -2.24. The van der Waals surface area contributed by atoms with E-state index in [1.54, 1.807) is 0 Å². The standard InChI is InChI=1S/C8H9BrO4/c9-5-1-3(7(10)11)4-2-6(5)13-8(4)12/h3-6H,1-2H2,(H,10,11)/t3-,4-,5-,6-/m1/s1. The molecule has 1 aliphatic carbocycles. The van der Waals surface area contributed by atoms with Crippen molar-refractivity contribution in [3.05, 3.63) is 0 Å². The summed E-state index contributed by atoms with van der Waals surface area (Å²) in [4.78, 5) is 22.0. The van der Waals surface area contributed by atoms with Gasteiger partial charge in [-0.1, -0.05) is 15.9 Å². The lowest BCUT2D eigenvalue weighted by Crippen LogP contribution is -2.34. The van der Waals surface area contributed by atoms with Gasteiger partial charge in [0.2, 0.25) is 0 Å². The van der Waals surface area contributed by atoms with Crippen LogP contribution < -0.4 is 0 Å². The molecule has 1 aliphatic heterocycles. The van der Waals surface area contributed by atoms with Gasteiger partial charge in [-0.25, -0.2) is 0 Å². The molecule has 0 aromatic heterocycles. The number of esters is 1. The normalized spacial score (nSPS) is 43.0. The monoisotopic (exact) mass is 248 g/mol. The van der Waals surface area contributed by atoms with Gasteiger partial charge in [0.25, 0.3) is 0 Å². The van der Waals surface area contributed by atoms with Crippen LogP contribution in [0.15, 0.2) is 0 Å². The number of fused-ring (bicyclic) bond motifs is 2. The largest absolute Gasteiger partial charge is 0.481 e. The van der Waals surface area contributed by atoms with Crippen molar-refractivity contribution >= 4 is 27.9 Å². The zero-order valence-electron chi connectivity index (χ0n) is 6.77. The van der Waals surface area contributed by atoms with Gasteiger partial charge in [0, 0.05) is 0 Å². The van der Waals surface area contributed by atoms with Crippen molar-refractivity contribution in [2.75, 3.05) is 0 Å². The molecule has 1 heterocycles. The van der Waals surface area contributed by atoms with Crippen molar-refractivity contribution < 1.29 is 19.4 Å². The van der Waals surface area contributed by atoms with E-state index >= 15 is 0 Å². The summed E-state index contributed by atoms with van der Waals surface area (Å²) in [6.45, 7) is 0. The summed E-state index contributed by atoms with van der Waals surface area (Å²) in [7, 11) is 0. The Labute approximate surface area is 83.4 Å². The van der Waals surface area contributed by atoms with E-state index in [0.717, 1.165) is 0 Å². The van der Waals surface area contributed by atoms with Crippen molar-refractivity contribution in [1.82, 2.24) is 0 Å². The van der Waals surface area contributed by atoms with E-state index in [4.69, 9.17) is 9.84 Å². The Morgan fingerprint density at radius 3 is 2.85 bits per heavy atom. The Morgan fingerprint density at radius 2 is 2.23 bits per heavy atom. The Kier molecular flexibility index (Phi) is 2.06. The number of alkyl halides is 1. The third-order valence-corrected chi connectivity index (χ3v) is 3.71. The van der Waals surface area contributed by atoms with Crippen LogP contribution in [0, 0.1) is 11.8 Å². The van der Waals surface area contributed by atoms with E-state index < -0.39 is 17.8 Å². The quantitative estimate of drug-likeness (QED) is 0.551. The molecular formula is C8H9BrO4. The molecule has 1 N–H and O–H groups in total. The maximum Gasteiger partial charge on any atom is 0.310 e. The van der Waals surface area contributed by atoms with Crippen molar-refractivity contribution in [3.63, 3.8) is 0 Å². The molecule has 4 nitrogen and oxygen atoms in total. The van der Waals surface area contributed by atoms with Crippen molar-refractivity contribution in [1.29, 1.82) is 0 Å². The first kappa shape index (κ1) is 8.99. The van der Waals surface area contributed by atoms with Gasteiger partial charge >= 0.3 is 11.9 Å². The number of hydrogen-bond acceptors (Lipinski definition) is 3. The van der Waals surface area contributed by atoms with Gasteiger partial charge in [-0.15, -0.1) is 0 Å². The molecule has 2 rings (SSSR count). The van der Waals surface area contributed by atoms with Crippen LogP contribution in [0.5, 0.6) is 0 Å². The fourth-order valence-electron chi connectivity index (χ4n) is 2.01. The highest BCUT2D eigenvalue weighted by Crippen LogP contribution is 2.41. The molecular weight excluding hydrogens is 240 g/mol. The number of hydrogen-bond donors (Lipinski definition) is 1. The summed E-state index contributed by atoms with van der Waals surface area (Å²) >= 11 is 3.34. The van der Waals surface area contributed by atoms with E-state index in [1.807, 2.05) is 0 Å². The summed E-state index contributed by atoms with van der Waals surface area (Å²) < 4.78 is 5.03. The SMILES string of the molecule is O=C(O)[C@@H]1C[C@@H](Br)[C@H]2C[C@H]1C(=O)O2. The highest BCUT2D eigenvalue weighted by Gasteiger charge is 2.50. The van der Waals surface area contributed by atoms with E-state index in [0.29, 0.717) is 12.8 Å². The van der Waals surface area contributed by atoms with Crippen LogP contribution in [-0.2, 0) is 14.3 Å². The zero-order chi connectivity index (χ0) is 9.59. The first-order chi connectivity index (χ1) is 6.09. The molecule has 0 spiro atoms. The molecule has 0 aromatic carbocycles. The van der Waals surface area contributed by atoms with Crippen LogP contribution in [0.3, 0.4) is 0 Å². The van der Waals surface area contributed by atoms with Crippen molar-refractivity contribution in [2.45, 2.75) is 23.8 Å². The molecule has 72 valence electrons. The fraction of sp³-hybridized carbons (Fsp3) is 0.750. The van der Waals surface area contributed by atoms with Crippen LogP contribution in [0.4, 0.5) is 0 Å². The second-order valence-corrected chi connectivity index (χ2v) is 4.69. The molecule has 4 atom stereocenters. The topological polar surface area (TPSA) is 63.6 Å². The van der Waals surface area contributed by atoms with Crippen LogP contribution in [0.2, 0.25) is 0 Å². The summed E-state index contributed by atoms with van der Waals surface area (Å²) in [5.41, 5.74) is 0. The lowest BCUT2D eigenvalue weighted by Gasteiger charge is -2.25. The Balaban J connectivity index is 2.22. The molecule has 0 aromatic rings. The fourth-order valence-corrected chi connectivity index (χ4v) is 2.74. The van der Waals surface area contributed by atoms with Crippen molar-refractivity contribution in [2.24, 2.45) is 11.8 Å². The van der Waals surface area contributed by atoms with E-state index in [1.165, 1.54) is 0 Å². The molecule has 0 unspecified atom stereocenters. The molecule has 5 heteroatoms. The lowest BCUT2D eigenvalue weighted by molar-refractivity contribution is -0.150. The first-order valence-electron chi connectivity index (χ1n) is 4.17. The average molecular weight is 249 g/mol. The summed E-state index contributed by atoms with van der Waals surface area (Å²) in [6.07, 6.45) is 0.912. The minimum atomic E-state index is -0.897. The number of carboxylic acid groups (broad SMARTS) is 1. The first-order valence-corrected chi connectivity index (χ1v) is 5.08. The molecule has 13 heavy (non-hydrogen) atoms. The number of carboxylic acids is 1. The smallest absolute Gasteiger partial charge is 0.310 e. The highest BCUT2D eigenvalue weighted by molar-refractivity contribution is 9.09. The minimum Gasteiger partial charge on any atom is -0.481 e. The van der Waals surface area contributed by atoms with Gasteiger partial charge in [-0.2, -0.15) is 0 Å². The van der Waals surface area contributed by atoms with E-state index in [9.17, 15) is 9.59 Å². The molecule has 2 aliphatic rings. The van der Waals surface area contributed by atoms with Gasteiger partial charge in [-0.05, 0) is 12.8 Å². The molecule has 0 amide bonds. The molecule has 0 radical (unpaired) electrons. The predicted molar refractivity (Wildman–Crippen MR) is 46.4 cm³/mol. The number of aliphatic carboxylic acids is 1. The minimum absolute atomic E-state index is 0.00343. The maximum atomic E-state index is 11.2. The third kappa shape index (κ3) is 1.35. The van der Waals surface area contributed by atoms with Gasteiger partial charge < -0.3 is 9.84 Å².